The first-order valence-corrected chi connectivity index (χ1v) is 15.6. The van der Waals surface area contributed by atoms with Gasteiger partial charge in [-0.05, 0) is 56.0 Å². The first kappa shape index (κ1) is 33.1. The first-order valence-electron chi connectivity index (χ1n) is 12.9. The minimum Gasteiger partial charge on any atom is -0.393 e. The van der Waals surface area contributed by atoms with E-state index in [9.17, 15) is 24.0 Å². The number of benzene rings is 1. The van der Waals surface area contributed by atoms with Gasteiger partial charge in [0.25, 0.3) is 0 Å². The van der Waals surface area contributed by atoms with E-state index in [0.29, 0.717) is 53.7 Å². The van der Waals surface area contributed by atoms with E-state index in [0.717, 1.165) is 0 Å². The minimum absolute atomic E-state index is 0.00377. The van der Waals surface area contributed by atoms with E-state index in [1.807, 2.05) is 13.8 Å². The molecule has 1 aromatic heterocycles. The fourth-order valence-corrected chi connectivity index (χ4v) is 6.54. The summed E-state index contributed by atoms with van der Waals surface area (Å²) in [4.78, 5) is 20.2. The molecule has 39 heavy (non-hydrogen) atoms. The summed E-state index contributed by atoms with van der Waals surface area (Å²) in [6.45, 7) is 8.08. The average molecular weight is 584 g/mol. The van der Waals surface area contributed by atoms with Crippen LogP contribution in [-0.2, 0) is 18.4 Å². The van der Waals surface area contributed by atoms with E-state index in [1.54, 1.807) is 43.4 Å². The molecule has 1 aromatic carbocycles. The highest BCUT2D eigenvalue weighted by molar-refractivity contribution is 8.00. The van der Waals surface area contributed by atoms with E-state index >= 15 is 0 Å². The highest BCUT2D eigenvalue weighted by Gasteiger charge is 2.24. The van der Waals surface area contributed by atoms with Crippen LogP contribution in [0.5, 0.6) is 0 Å². The van der Waals surface area contributed by atoms with Gasteiger partial charge in [0, 0.05) is 36.8 Å². The second-order valence-electron chi connectivity index (χ2n) is 9.05. The number of carbonyl (C=O) groups excluding carboxylic acids is 1. The number of halogens is 1. The lowest BCUT2D eigenvalue weighted by Crippen LogP contribution is -2.17. The average Bonchev–Trinajstić information content (AvgIpc) is 2.87. The number of aliphatic hydroxyl groups excluding tert-OH is 2. The van der Waals surface area contributed by atoms with Gasteiger partial charge in [-0.2, -0.15) is 0 Å². The summed E-state index contributed by atoms with van der Waals surface area (Å²) in [7, 11) is -1.39. The van der Waals surface area contributed by atoms with Crippen LogP contribution < -0.4 is 4.31 Å². The molecule has 0 fully saturated rings. The standard InChI is InChI=1S/C27H39FN3O6PS/c1-6-36-38(35,37-7-2)16-17-39-31(5)27-29-25(19(3)4)24(13-12-22(33)18-23(34)14-15-32)26(30-27)20-8-10-21(28)11-9-20/h8-13,15,19,22-23,33-34H,6-7,14,16-18H2,1-5H3/b13-12+/t22-,23+/m1/s1. The molecular weight excluding hydrogens is 544 g/mol. The number of carbonyl (C=O) groups is 1. The van der Waals surface area contributed by atoms with E-state index in [4.69, 9.17) is 19.0 Å². The van der Waals surface area contributed by atoms with Gasteiger partial charge in [-0.1, -0.05) is 26.0 Å². The SMILES string of the molecule is CCOP(=O)(CCSN(C)c1nc(-c2ccc(F)cc2)c(/C=C/[C@@H](O)C[C@@H](O)CC=O)c(C(C)C)n1)OCC. The number of anilines is 1. The number of hydrogen-bond acceptors (Lipinski definition) is 10. The zero-order chi connectivity index (χ0) is 29.0. The van der Waals surface area contributed by atoms with Crippen LogP contribution in [0.15, 0.2) is 30.3 Å². The Hall–Kier alpha value is -2.14. The Kier molecular flexibility index (Phi) is 13.7. The third-order valence-electron chi connectivity index (χ3n) is 5.58. The molecule has 1 heterocycles. The van der Waals surface area contributed by atoms with Crippen molar-refractivity contribution in [3.63, 3.8) is 0 Å². The van der Waals surface area contributed by atoms with Gasteiger partial charge >= 0.3 is 7.60 Å². The van der Waals surface area contributed by atoms with Gasteiger partial charge in [0.15, 0.2) is 0 Å². The highest BCUT2D eigenvalue weighted by Crippen LogP contribution is 2.48. The zero-order valence-electron chi connectivity index (χ0n) is 23.1. The topological polar surface area (TPSA) is 122 Å². The third kappa shape index (κ3) is 10.4. The van der Waals surface area contributed by atoms with Gasteiger partial charge in [-0.25, -0.2) is 14.4 Å². The summed E-state index contributed by atoms with van der Waals surface area (Å²) in [5, 5.41) is 20.3. The van der Waals surface area contributed by atoms with Crippen molar-refractivity contribution >= 4 is 37.9 Å². The molecule has 0 bridgehead atoms. The molecule has 0 aliphatic carbocycles. The van der Waals surface area contributed by atoms with Gasteiger partial charge in [0.1, 0.15) is 12.1 Å². The maximum atomic E-state index is 13.7. The molecule has 0 saturated carbocycles. The minimum atomic E-state index is -3.19. The predicted octanol–water partition coefficient (Wildman–Crippen LogP) is 5.47. The van der Waals surface area contributed by atoms with E-state index in [2.05, 4.69) is 0 Å². The zero-order valence-corrected chi connectivity index (χ0v) is 24.8. The van der Waals surface area contributed by atoms with Gasteiger partial charge < -0.3 is 24.1 Å². The summed E-state index contributed by atoms with van der Waals surface area (Å²) in [5.74, 6) is 0.439. The van der Waals surface area contributed by atoms with Crippen LogP contribution in [0.1, 0.15) is 57.7 Å². The fraction of sp³-hybridized carbons (Fsp3) is 0.519. The molecule has 0 aliphatic rings. The molecule has 0 amide bonds. The lowest BCUT2D eigenvalue weighted by molar-refractivity contribution is -0.109. The van der Waals surface area contributed by atoms with Crippen molar-refractivity contribution < 1.29 is 33.0 Å². The lowest BCUT2D eigenvalue weighted by Gasteiger charge is -2.22. The predicted molar refractivity (Wildman–Crippen MR) is 154 cm³/mol. The molecular formula is C27H39FN3O6PS. The maximum absolute atomic E-state index is 13.7. The van der Waals surface area contributed by atoms with Crippen LogP contribution in [-0.4, -0.2) is 70.9 Å². The van der Waals surface area contributed by atoms with Crippen LogP contribution in [0.25, 0.3) is 17.3 Å². The Balaban J connectivity index is 2.43. The number of nitrogens with zero attached hydrogens (tertiary/aromatic N) is 3. The first-order chi connectivity index (χ1) is 18.5. The maximum Gasteiger partial charge on any atom is 0.331 e. The highest BCUT2D eigenvalue weighted by atomic mass is 32.2. The van der Waals surface area contributed by atoms with Gasteiger partial charge in [-0.15, -0.1) is 0 Å². The van der Waals surface area contributed by atoms with Crippen molar-refractivity contribution in [2.45, 2.75) is 58.7 Å². The summed E-state index contributed by atoms with van der Waals surface area (Å²) in [6.07, 6.45) is 2.06. The Morgan fingerprint density at radius 1 is 1.13 bits per heavy atom. The fourth-order valence-electron chi connectivity index (χ4n) is 3.73. The Morgan fingerprint density at radius 2 is 1.77 bits per heavy atom. The van der Waals surface area contributed by atoms with Crippen molar-refractivity contribution in [2.75, 3.05) is 36.5 Å². The van der Waals surface area contributed by atoms with Crippen LogP contribution in [0.4, 0.5) is 10.3 Å². The smallest absolute Gasteiger partial charge is 0.331 e. The van der Waals surface area contributed by atoms with E-state index < -0.39 is 19.8 Å². The van der Waals surface area contributed by atoms with Crippen LogP contribution in [0.2, 0.25) is 0 Å². The molecule has 2 rings (SSSR count). The van der Waals surface area contributed by atoms with E-state index in [1.165, 1.54) is 30.2 Å². The molecule has 0 unspecified atom stereocenters. The molecule has 0 aliphatic heterocycles. The second kappa shape index (κ2) is 16.2. The van der Waals surface area contributed by atoms with Crippen LogP contribution in [0, 0.1) is 5.82 Å². The molecule has 12 heteroatoms. The quantitative estimate of drug-likeness (QED) is 0.141. The van der Waals surface area contributed by atoms with Gasteiger partial charge in [0.05, 0.1) is 43.0 Å². The monoisotopic (exact) mass is 583 g/mol. The molecule has 9 nitrogen and oxygen atoms in total. The molecule has 2 N–H and O–H groups in total. The molecule has 0 radical (unpaired) electrons. The van der Waals surface area contributed by atoms with Gasteiger partial charge in [-0.3, -0.25) is 8.87 Å². The summed E-state index contributed by atoms with van der Waals surface area (Å²) in [6, 6.07) is 5.95. The largest absolute Gasteiger partial charge is 0.393 e. The number of aromatic nitrogens is 2. The van der Waals surface area contributed by atoms with Crippen LogP contribution in [0.3, 0.4) is 0 Å². The normalized spacial score (nSPS) is 13.7. The molecule has 2 atom stereocenters. The van der Waals surface area contributed by atoms with Crippen molar-refractivity contribution in [3.8, 4) is 11.3 Å². The Bertz CT molecular complexity index is 1130. The molecule has 2 aromatic rings. The van der Waals surface area contributed by atoms with Crippen molar-refractivity contribution in [1.29, 1.82) is 0 Å². The molecule has 0 spiro atoms. The number of hydrogen-bond donors (Lipinski definition) is 2. The lowest BCUT2D eigenvalue weighted by atomic mass is 9.97. The van der Waals surface area contributed by atoms with Crippen molar-refractivity contribution in [1.82, 2.24) is 9.97 Å². The van der Waals surface area contributed by atoms with Crippen molar-refractivity contribution in [2.24, 2.45) is 0 Å². The summed E-state index contributed by atoms with van der Waals surface area (Å²) >= 11 is 1.37. The number of rotatable bonds is 17. The third-order valence-corrected chi connectivity index (χ3v) is 8.89. The van der Waals surface area contributed by atoms with Gasteiger partial charge in [0.2, 0.25) is 5.95 Å². The second-order valence-corrected chi connectivity index (χ2v) is 12.5. The van der Waals surface area contributed by atoms with E-state index in [-0.39, 0.29) is 30.7 Å². The van der Waals surface area contributed by atoms with Crippen molar-refractivity contribution in [3.05, 3.63) is 47.4 Å². The summed E-state index contributed by atoms with van der Waals surface area (Å²) in [5.41, 5.74) is 2.56. The van der Waals surface area contributed by atoms with Crippen LogP contribution >= 0.6 is 19.5 Å². The molecule has 0 saturated heterocycles. The molecule has 216 valence electrons. The Labute approximate surface area is 234 Å². The summed E-state index contributed by atoms with van der Waals surface area (Å²) < 4.78 is 39.1. The number of aliphatic hydroxyl groups is 2. The number of aldehydes is 1. The Morgan fingerprint density at radius 3 is 2.33 bits per heavy atom.